The van der Waals surface area contributed by atoms with Crippen molar-refractivity contribution in [3.05, 3.63) is 89.5 Å². The first-order chi connectivity index (χ1) is 14.1. The van der Waals surface area contributed by atoms with Crippen molar-refractivity contribution >= 4 is 35.3 Å². The molecule has 3 rings (SSSR count). The molecule has 0 aliphatic heterocycles. The fourth-order valence-corrected chi connectivity index (χ4v) is 3.37. The van der Waals surface area contributed by atoms with Crippen molar-refractivity contribution in [1.29, 1.82) is 0 Å². The van der Waals surface area contributed by atoms with Gasteiger partial charge in [0.05, 0.1) is 12.0 Å². The summed E-state index contributed by atoms with van der Waals surface area (Å²) in [6, 6.07) is 18.1. The molecule has 0 radical (unpaired) electrons. The number of rotatable bonds is 7. The quantitative estimate of drug-likeness (QED) is 0.422. The van der Waals surface area contributed by atoms with Crippen LogP contribution in [0.5, 0.6) is 0 Å². The van der Waals surface area contributed by atoms with Crippen LogP contribution in [-0.2, 0) is 4.79 Å². The molecule has 1 aromatic heterocycles. The van der Waals surface area contributed by atoms with Crippen LogP contribution < -0.4 is 10.6 Å². The number of anilines is 1. The molecule has 2 aromatic carbocycles. The average molecular weight is 407 g/mol. The average Bonchev–Trinajstić information content (AvgIpc) is 3.23. The highest BCUT2D eigenvalue weighted by atomic mass is 32.2. The molecule has 0 fully saturated rings. The first kappa shape index (κ1) is 20.5. The van der Waals surface area contributed by atoms with Crippen LogP contribution in [0.4, 0.5) is 5.69 Å². The number of benzene rings is 2. The zero-order valence-corrected chi connectivity index (χ0v) is 17.1. The molecule has 0 spiro atoms. The Hall–Kier alpha value is -3.25. The molecule has 5 nitrogen and oxygen atoms in total. The van der Waals surface area contributed by atoms with Crippen LogP contribution in [0.25, 0.3) is 6.08 Å². The van der Waals surface area contributed by atoms with E-state index in [-0.39, 0.29) is 11.6 Å². The van der Waals surface area contributed by atoms with E-state index in [9.17, 15) is 9.59 Å². The summed E-state index contributed by atoms with van der Waals surface area (Å²) in [5.41, 5.74) is 2.31. The fourth-order valence-electron chi connectivity index (χ4n) is 2.61. The van der Waals surface area contributed by atoms with Gasteiger partial charge in [-0.25, -0.2) is 0 Å². The van der Waals surface area contributed by atoms with Crippen LogP contribution in [0.2, 0.25) is 0 Å². The van der Waals surface area contributed by atoms with E-state index in [0.29, 0.717) is 17.0 Å². The summed E-state index contributed by atoms with van der Waals surface area (Å²) in [6.07, 6.45) is 3.02. The number of carbonyl (C=O) groups excluding carboxylic acids is 2. The molecule has 3 aromatic rings. The second-order valence-corrected chi connectivity index (χ2v) is 7.58. The lowest BCUT2D eigenvalue weighted by Crippen LogP contribution is -2.30. The van der Waals surface area contributed by atoms with Gasteiger partial charge in [-0.3, -0.25) is 9.59 Å². The van der Waals surface area contributed by atoms with Crippen LogP contribution in [-0.4, -0.2) is 17.6 Å². The first-order valence-electron chi connectivity index (χ1n) is 9.23. The van der Waals surface area contributed by atoms with Crippen molar-refractivity contribution in [2.45, 2.75) is 18.7 Å². The summed E-state index contributed by atoms with van der Waals surface area (Å²) >= 11 is 1.63. The number of para-hydroxylation sites is 1. The van der Waals surface area contributed by atoms with Gasteiger partial charge in [-0.1, -0.05) is 36.8 Å². The Morgan fingerprint density at radius 3 is 2.48 bits per heavy atom. The lowest BCUT2D eigenvalue weighted by molar-refractivity contribution is -0.113. The van der Waals surface area contributed by atoms with E-state index in [1.807, 2.05) is 50.2 Å². The highest BCUT2D eigenvalue weighted by Gasteiger charge is 2.17. The molecule has 0 saturated carbocycles. The van der Waals surface area contributed by atoms with Crippen molar-refractivity contribution in [3.63, 3.8) is 0 Å². The van der Waals surface area contributed by atoms with Gasteiger partial charge in [-0.05, 0) is 49.1 Å². The minimum absolute atomic E-state index is 0.0989. The molecule has 148 valence electrons. The molecular weight excluding hydrogens is 384 g/mol. The predicted octanol–water partition coefficient (Wildman–Crippen LogP) is 5.11. The highest BCUT2D eigenvalue weighted by molar-refractivity contribution is 7.99. The van der Waals surface area contributed by atoms with Gasteiger partial charge in [-0.2, -0.15) is 0 Å². The number of hydrogen-bond donors (Lipinski definition) is 2. The molecule has 0 atom stereocenters. The molecule has 0 bridgehead atoms. The summed E-state index contributed by atoms with van der Waals surface area (Å²) in [4.78, 5) is 26.6. The lowest BCUT2D eigenvalue weighted by Gasteiger charge is -2.13. The van der Waals surface area contributed by atoms with Gasteiger partial charge in [0.1, 0.15) is 11.5 Å². The van der Waals surface area contributed by atoms with Gasteiger partial charge in [0.2, 0.25) is 0 Å². The summed E-state index contributed by atoms with van der Waals surface area (Å²) in [7, 11) is 0. The number of nitrogens with one attached hydrogen (secondary N) is 2. The molecule has 2 amide bonds. The molecule has 1 heterocycles. The SMILES string of the molecule is CCSc1ccccc1NC(=O)/C(=C/c1ccco1)NC(=O)c1ccc(C)cc1. The highest BCUT2D eigenvalue weighted by Crippen LogP contribution is 2.27. The van der Waals surface area contributed by atoms with Crippen molar-refractivity contribution in [2.24, 2.45) is 0 Å². The summed E-state index contributed by atoms with van der Waals surface area (Å²) in [5, 5.41) is 5.60. The van der Waals surface area contributed by atoms with E-state index in [2.05, 4.69) is 10.6 Å². The van der Waals surface area contributed by atoms with E-state index in [1.165, 1.54) is 12.3 Å². The number of thioether (sulfide) groups is 1. The van der Waals surface area contributed by atoms with Crippen LogP contribution in [0, 0.1) is 6.92 Å². The number of amides is 2. The third-order valence-corrected chi connectivity index (χ3v) is 5.03. The first-order valence-corrected chi connectivity index (χ1v) is 10.2. The molecule has 0 aliphatic carbocycles. The second kappa shape index (κ2) is 9.80. The third kappa shape index (κ3) is 5.62. The van der Waals surface area contributed by atoms with Gasteiger partial charge in [0.25, 0.3) is 11.8 Å². The van der Waals surface area contributed by atoms with Crippen molar-refractivity contribution in [2.75, 3.05) is 11.1 Å². The molecule has 2 N–H and O–H groups in total. The minimum atomic E-state index is -0.425. The van der Waals surface area contributed by atoms with Crippen LogP contribution in [0.3, 0.4) is 0 Å². The standard InChI is InChI=1S/C23H22N2O3S/c1-3-29-21-9-5-4-8-19(21)24-23(27)20(15-18-7-6-14-28-18)25-22(26)17-12-10-16(2)11-13-17/h4-15H,3H2,1-2H3,(H,24,27)(H,25,26)/b20-15-. The largest absolute Gasteiger partial charge is 0.465 e. The molecular formula is C23H22N2O3S. The fraction of sp³-hybridized carbons (Fsp3) is 0.130. The van der Waals surface area contributed by atoms with E-state index in [4.69, 9.17) is 4.42 Å². The Balaban J connectivity index is 1.85. The summed E-state index contributed by atoms with van der Waals surface area (Å²) in [6.45, 7) is 4.00. The van der Waals surface area contributed by atoms with Gasteiger partial charge in [0, 0.05) is 16.5 Å². The smallest absolute Gasteiger partial charge is 0.272 e. The monoisotopic (exact) mass is 406 g/mol. The maximum atomic E-state index is 13.0. The zero-order chi connectivity index (χ0) is 20.6. The molecule has 6 heteroatoms. The third-order valence-electron chi connectivity index (χ3n) is 4.07. The van der Waals surface area contributed by atoms with E-state index < -0.39 is 5.91 Å². The zero-order valence-electron chi connectivity index (χ0n) is 16.3. The number of hydrogen-bond acceptors (Lipinski definition) is 4. The second-order valence-electron chi connectivity index (χ2n) is 6.28. The van der Waals surface area contributed by atoms with E-state index in [1.54, 1.807) is 36.0 Å². The molecule has 0 saturated heterocycles. The number of furan rings is 1. The minimum Gasteiger partial charge on any atom is -0.465 e. The summed E-state index contributed by atoms with van der Waals surface area (Å²) in [5.74, 6) is 0.558. The Morgan fingerprint density at radius 2 is 1.79 bits per heavy atom. The molecule has 0 aliphatic rings. The normalized spacial score (nSPS) is 11.2. The van der Waals surface area contributed by atoms with Crippen molar-refractivity contribution < 1.29 is 14.0 Å². The van der Waals surface area contributed by atoms with E-state index in [0.717, 1.165) is 16.2 Å². The van der Waals surface area contributed by atoms with Crippen LogP contribution in [0.1, 0.15) is 28.6 Å². The topological polar surface area (TPSA) is 71.3 Å². The Bertz CT molecular complexity index is 1010. The summed E-state index contributed by atoms with van der Waals surface area (Å²) < 4.78 is 5.32. The van der Waals surface area contributed by atoms with Gasteiger partial charge >= 0.3 is 0 Å². The number of carbonyl (C=O) groups is 2. The Morgan fingerprint density at radius 1 is 1.03 bits per heavy atom. The Labute approximate surface area is 174 Å². The predicted molar refractivity (Wildman–Crippen MR) is 117 cm³/mol. The van der Waals surface area contributed by atoms with Crippen LogP contribution >= 0.6 is 11.8 Å². The number of aryl methyl sites for hydroxylation is 1. The van der Waals surface area contributed by atoms with Crippen molar-refractivity contribution in [3.8, 4) is 0 Å². The van der Waals surface area contributed by atoms with Gasteiger partial charge in [0.15, 0.2) is 0 Å². The maximum absolute atomic E-state index is 13.0. The van der Waals surface area contributed by atoms with Gasteiger partial charge in [-0.15, -0.1) is 11.8 Å². The molecule has 29 heavy (non-hydrogen) atoms. The van der Waals surface area contributed by atoms with Gasteiger partial charge < -0.3 is 15.1 Å². The van der Waals surface area contributed by atoms with E-state index >= 15 is 0 Å². The lowest BCUT2D eigenvalue weighted by atomic mass is 10.1. The van der Waals surface area contributed by atoms with Crippen LogP contribution in [0.15, 0.2) is 81.9 Å². The Kier molecular flexibility index (Phi) is 6.92. The molecule has 0 unspecified atom stereocenters. The maximum Gasteiger partial charge on any atom is 0.272 e. The van der Waals surface area contributed by atoms with Crippen molar-refractivity contribution in [1.82, 2.24) is 5.32 Å².